The second kappa shape index (κ2) is 4.80. The zero-order valence-corrected chi connectivity index (χ0v) is 7.82. The van der Waals surface area contributed by atoms with Crippen molar-refractivity contribution in [1.82, 2.24) is 0 Å². The summed E-state index contributed by atoms with van der Waals surface area (Å²) in [5.41, 5.74) is 0. The Hall–Kier alpha value is -0.120. The fourth-order valence-electron chi connectivity index (χ4n) is 1.35. The van der Waals surface area contributed by atoms with E-state index in [4.69, 9.17) is 14.6 Å². The molecular formula is C9H18O3. The molecule has 1 aliphatic rings. The van der Waals surface area contributed by atoms with Gasteiger partial charge in [-0.1, -0.05) is 13.8 Å². The number of hydrogen-bond donors (Lipinski definition) is 1. The van der Waals surface area contributed by atoms with Crippen molar-refractivity contribution in [3.63, 3.8) is 0 Å². The summed E-state index contributed by atoms with van der Waals surface area (Å²) in [6, 6.07) is 0. The summed E-state index contributed by atoms with van der Waals surface area (Å²) in [6.45, 7) is 5.56. The summed E-state index contributed by atoms with van der Waals surface area (Å²) in [6.07, 6.45) is 1.17. The van der Waals surface area contributed by atoms with E-state index in [2.05, 4.69) is 13.8 Å². The molecule has 3 nitrogen and oxygen atoms in total. The minimum Gasteiger partial charge on any atom is -0.394 e. The molecule has 1 aliphatic heterocycles. The monoisotopic (exact) mass is 174 g/mol. The average Bonchev–Trinajstić information content (AvgIpc) is 2.05. The standard InChI is InChI=1S/C9H18O3/c1-7(2)3-8-5-12-9(4-10)6-11-8/h7-10H,3-6H2,1-2H3. The lowest BCUT2D eigenvalue weighted by atomic mass is 10.1. The Morgan fingerprint density at radius 2 is 1.83 bits per heavy atom. The molecule has 3 heteroatoms. The van der Waals surface area contributed by atoms with Gasteiger partial charge in [0.05, 0.1) is 25.9 Å². The molecule has 72 valence electrons. The van der Waals surface area contributed by atoms with E-state index in [0.29, 0.717) is 19.1 Å². The van der Waals surface area contributed by atoms with Crippen LogP contribution in [0, 0.1) is 5.92 Å². The highest BCUT2D eigenvalue weighted by atomic mass is 16.6. The Kier molecular flexibility index (Phi) is 3.98. The molecule has 1 fully saturated rings. The number of rotatable bonds is 3. The van der Waals surface area contributed by atoms with Gasteiger partial charge in [-0.2, -0.15) is 0 Å². The summed E-state index contributed by atoms with van der Waals surface area (Å²) in [4.78, 5) is 0. The minimum atomic E-state index is -0.103. The maximum absolute atomic E-state index is 8.75. The van der Waals surface area contributed by atoms with E-state index in [-0.39, 0.29) is 18.8 Å². The second-order valence-corrected chi connectivity index (χ2v) is 3.72. The van der Waals surface area contributed by atoms with E-state index >= 15 is 0 Å². The van der Waals surface area contributed by atoms with Gasteiger partial charge in [-0.15, -0.1) is 0 Å². The molecule has 1 saturated heterocycles. The third-order valence-electron chi connectivity index (χ3n) is 1.97. The molecule has 0 radical (unpaired) electrons. The summed E-state index contributed by atoms with van der Waals surface area (Å²) in [5.74, 6) is 0.643. The summed E-state index contributed by atoms with van der Waals surface area (Å²) in [5, 5.41) is 8.75. The smallest absolute Gasteiger partial charge is 0.104 e. The van der Waals surface area contributed by atoms with Crippen LogP contribution < -0.4 is 0 Å². The van der Waals surface area contributed by atoms with Crippen molar-refractivity contribution in [2.24, 2.45) is 5.92 Å². The van der Waals surface area contributed by atoms with E-state index in [9.17, 15) is 0 Å². The molecule has 0 spiro atoms. The fraction of sp³-hybridized carbons (Fsp3) is 1.00. The minimum absolute atomic E-state index is 0.0639. The largest absolute Gasteiger partial charge is 0.394 e. The van der Waals surface area contributed by atoms with Crippen LogP contribution in [0.1, 0.15) is 20.3 Å². The Labute approximate surface area is 73.7 Å². The molecular weight excluding hydrogens is 156 g/mol. The number of aliphatic hydroxyl groups is 1. The molecule has 0 aromatic carbocycles. The van der Waals surface area contributed by atoms with Crippen molar-refractivity contribution in [2.75, 3.05) is 19.8 Å². The van der Waals surface area contributed by atoms with Gasteiger partial charge >= 0.3 is 0 Å². The number of ether oxygens (including phenoxy) is 2. The molecule has 0 bridgehead atoms. The Morgan fingerprint density at radius 3 is 2.25 bits per heavy atom. The van der Waals surface area contributed by atoms with Crippen LogP contribution in [0.2, 0.25) is 0 Å². The van der Waals surface area contributed by atoms with Crippen LogP contribution in [0.3, 0.4) is 0 Å². The van der Waals surface area contributed by atoms with Gasteiger partial charge in [0.2, 0.25) is 0 Å². The first-order valence-electron chi connectivity index (χ1n) is 4.56. The third-order valence-corrected chi connectivity index (χ3v) is 1.97. The lowest BCUT2D eigenvalue weighted by molar-refractivity contribution is -0.148. The van der Waals surface area contributed by atoms with Crippen LogP contribution in [-0.2, 0) is 9.47 Å². The average molecular weight is 174 g/mol. The predicted octanol–water partition coefficient (Wildman–Crippen LogP) is 0.809. The molecule has 0 aliphatic carbocycles. The van der Waals surface area contributed by atoms with Gasteiger partial charge in [0.25, 0.3) is 0 Å². The molecule has 0 aromatic rings. The zero-order chi connectivity index (χ0) is 8.97. The van der Waals surface area contributed by atoms with Gasteiger partial charge < -0.3 is 14.6 Å². The Morgan fingerprint density at radius 1 is 1.25 bits per heavy atom. The normalized spacial score (nSPS) is 31.0. The molecule has 2 atom stereocenters. The lowest BCUT2D eigenvalue weighted by Crippen LogP contribution is -2.38. The van der Waals surface area contributed by atoms with Gasteiger partial charge in [0.1, 0.15) is 6.10 Å². The van der Waals surface area contributed by atoms with Crippen molar-refractivity contribution in [3.05, 3.63) is 0 Å². The zero-order valence-electron chi connectivity index (χ0n) is 7.82. The van der Waals surface area contributed by atoms with Gasteiger partial charge in [-0.3, -0.25) is 0 Å². The molecule has 1 N–H and O–H groups in total. The van der Waals surface area contributed by atoms with E-state index in [1.165, 1.54) is 0 Å². The van der Waals surface area contributed by atoms with Gasteiger partial charge in [0.15, 0.2) is 0 Å². The molecule has 1 rings (SSSR count). The predicted molar refractivity (Wildman–Crippen MR) is 46.0 cm³/mol. The van der Waals surface area contributed by atoms with Crippen LogP contribution in [0.25, 0.3) is 0 Å². The highest BCUT2D eigenvalue weighted by Crippen LogP contribution is 2.14. The quantitative estimate of drug-likeness (QED) is 0.688. The molecule has 0 aromatic heterocycles. The molecule has 0 amide bonds. The van der Waals surface area contributed by atoms with Crippen LogP contribution in [0.4, 0.5) is 0 Å². The van der Waals surface area contributed by atoms with E-state index in [1.807, 2.05) is 0 Å². The first-order chi connectivity index (χ1) is 5.72. The third kappa shape index (κ3) is 3.09. The highest BCUT2D eigenvalue weighted by molar-refractivity contribution is 4.68. The van der Waals surface area contributed by atoms with Crippen molar-refractivity contribution < 1.29 is 14.6 Å². The van der Waals surface area contributed by atoms with Crippen LogP contribution >= 0.6 is 0 Å². The van der Waals surface area contributed by atoms with Crippen LogP contribution in [0.15, 0.2) is 0 Å². The number of aliphatic hydroxyl groups excluding tert-OH is 1. The maximum Gasteiger partial charge on any atom is 0.104 e. The summed E-state index contributed by atoms with van der Waals surface area (Å²) in [7, 11) is 0. The van der Waals surface area contributed by atoms with Crippen molar-refractivity contribution >= 4 is 0 Å². The number of hydrogen-bond acceptors (Lipinski definition) is 3. The maximum atomic E-state index is 8.75. The van der Waals surface area contributed by atoms with E-state index < -0.39 is 0 Å². The van der Waals surface area contributed by atoms with Crippen molar-refractivity contribution in [3.8, 4) is 0 Å². The summed E-state index contributed by atoms with van der Waals surface area (Å²) >= 11 is 0. The van der Waals surface area contributed by atoms with Crippen LogP contribution in [-0.4, -0.2) is 37.1 Å². The lowest BCUT2D eigenvalue weighted by Gasteiger charge is -2.29. The first-order valence-corrected chi connectivity index (χ1v) is 4.56. The van der Waals surface area contributed by atoms with Crippen molar-refractivity contribution in [1.29, 1.82) is 0 Å². The Balaban J connectivity index is 2.17. The van der Waals surface area contributed by atoms with Crippen LogP contribution in [0.5, 0.6) is 0 Å². The first kappa shape index (κ1) is 9.96. The van der Waals surface area contributed by atoms with Gasteiger partial charge in [-0.25, -0.2) is 0 Å². The summed E-state index contributed by atoms with van der Waals surface area (Å²) < 4.78 is 10.9. The molecule has 12 heavy (non-hydrogen) atoms. The Bertz CT molecular complexity index is 117. The highest BCUT2D eigenvalue weighted by Gasteiger charge is 2.21. The topological polar surface area (TPSA) is 38.7 Å². The van der Waals surface area contributed by atoms with E-state index in [0.717, 1.165) is 6.42 Å². The van der Waals surface area contributed by atoms with E-state index in [1.54, 1.807) is 0 Å². The molecule has 2 unspecified atom stereocenters. The fourth-order valence-corrected chi connectivity index (χ4v) is 1.35. The molecule has 0 saturated carbocycles. The second-order valence-electron chi connectivity index (χ2n) is 3.72. The van der Waals surface area contributed by atoms with Gasteiger partial charge in [-0.05, 0) is 12.3 Å². The molecule has 1 heterocycles. The van der Waals surface area contributed by atoms with Crippen molar-refractivity contribution in [2.45, 2.75) is 32.5 Å². The SMILES string of the molecule is CC(C)CC1COC(CO)CO1. The van der Waals surface area contributed by atoms with Gasteiger partial charge in [0, 0.05) is 0 Å².